The molecule has 0 fully saturated rings. The van der Waals surface area contributed by atoms with Gasteiger partial charge in [0, 0.05) is 13.1 Å². The molecule has 0 radical (unpaired) electrons. The van der Waals surface area contributed by atoms with Gasteiger partial charge in [-0.25, -0.2) is 4.68 Å². The minimum Gasteiger partial charge on any atom is -0.391 e. The van der Waals surface area contributed by atoms with E-state index in [0.717, 1.165) is 6.42 Å². The fourth-order valence-electron chi connectivity index (χ4n) is 2.18. The Morgan fingerprint density at radius 2 is 2.15 bits per heavy atom. The summed E-state index contributed by atoms with van der Waals surface area (Å²) in [5.74, 6) is 0.765. The molecule has 1 atom stereocenters. The molecular formula is C13H24N4O3. The number of rotatable bonds is 8. The quantitative estimate of drug-likeness (QED) is 0.564. The molecule has 0 bridgehead atoms. The number of aliphatic hydroxyl groups is 1. The summed E-state index contributed by atoms with van der Waals surface area (Å²) >= 11 is 0. The predicted molar refractivity (Wildman–Crippen MR) is 77.9 cm³/mol. The van der Waals surface area contributed by atoms with Gasteiger partial charge in [-0.15, -0.1) is 0 Å². The molecule has 0 saturated carbocycles. The van der Waals surface area contributed by atoms with Crippen LogP contribution in [0.1, 0.15) is 39.3 Å². The van der Waals surface area contributed by atoms with Crippen LogP contribution in [0, 0.1) is 23.0 Å². The maximum Gasteiger partial charge on any atom is 0.333 e. The Labute approximate surface area is 119 Å². The maximum absolute atomic E-state index is 11.1. The fourth-order valence-corrected chi connectivity index (χ4v) is 2.18. The van der Waals surface area contributed by atoms with Crippen LogP contribution in [0.2, 0.25) is 0 Å². The van der Waals surface area contributed by atoms with Crippen molar-refractivity contribution in [2.24, 2.45) is 5.92 Å². The summed E-state index contributed by atoms with van der Waals surface area (Å²) in [6, 6.07) is 0. The van der Waals surface area contributed by atoms with E-state index >= 15 is 0 Å². The lowest BCUT2D eigenvalue weighted by molar-refractivity contribution is -0.384. The first-order valence-electron chi connectivity index (χ1n) is 7.00. The minimum absolute atomic E-state index is 0.00445. The van der Waals surface area contributed by atoms with E-state index in [1.54, 1.807) is 11.6 Å². The van der Waals surface area contributed by atoms with E-state index in [1.165, 1.54) is 0 Å². The minimum atomic E-state index is -0.528. The summed E-state index contributed by atoms with van der Waals surface area (Å²) < 4.78 is 1.61. The number of nitrogens with one attached hydrogen (secondary N) is 1. The number of aromatic nitrogens is 2. The molecule has 0 amide bonds. The van der Waals surface area contributed by atoms with Gasteiger partial charge in [0.1, 0.15) is 5.69 Å². The highest BCUT2D eigenvalue weighted by molar-refractivity contribution is 5.59. The Morgan fingerprint density at radius 1 is 1.50 bits per heavy atom. The Morgan fingerprint density at radius 3 is 2.65 bits per heavy atom. The normalized spacial score (nSPS) is 12.7. The molecule has 1 heterocycles. The molecule has 7 nitrogen and oxygen atoms in total. The first kappa shape index (κ1) is 16.4. The molecule has 7 heteroatoms. The molecule has 1 rings (SSSR count). The topological polar surface area (TPSA) is 93.2 Å². The van der Waals surface area contributed by atoms with E-state index in [0.29, 0.717) is 30.4 Å². The first-order chi connectivity index (χ1) is 9.36. The molecule has 0 aliphatic rings. The third-order valence-electron chi connectivity index (χ3n) is 2.96. The summed E-state index contributed by atoms with van der Waals surface area (Å²) in [6.07, 6.45) is 0.961. The first-order valence-corrected chi connectivity index (χ1v) is 7.00. The Balaban J connectivity index is 2.88. The lowest BCUT2D eigenvalue weighted by atomic mass is 10.1. The Hall–Kier alpha value is -1.63. The van der Waals surface area contributed by atoms with Crippen LogP contribution in [0.3, 0.4) is 0 Å². The van der Waals surface area contributed by atoms with Crippen molar-refractivity contribution in [3.05, 3.63) is 15.8 Å². The van der Waals surface area contributed by atoms with Gasteiger partial charge in [-0.3, -0.25) is 10.1 Å². The van der Waals surface area contributed by atoms with Gasteiger partial charge >= 0.3 is 5.69 Å². The summed E-state index contributed by atoms with van der Waals surface area (Å²) in [7, 11) is 0. The van der Waals surface area contributed by atoms with E-state index in [9.17, 15) is 15.2 Å². The van der Waals surface area contributed by atoms with Crippen molar-refractivity contribution in [3.63, 3.8) is 0 Å². The molecule has 1 aromatic rings. The second-order valence-corrected chi connectivity index (χ2v) is 5.43. The van der Waals surface area contributed by atoms with Crippen LogP contribution in [0.4, 0.5) is 11.5 Å². The van der Waals surface area contributed by atoms with E-state index in [2.05, 4.69) is 10.4 Å². The molecule has 0 spiro atoms. The molecule has 0 aromatic carbocycles. The average Bonchev–Trinajstić information content (AvgIpc) is 2.62. The van der Waals surface area contributed by atoms with Crippen LogP contribution in [0.5, 0.6) is 0 Å². The number of nitrogens with zero attached hydrogens (tertiary/aromatic N) is 3. The standard InChI is InChI=1S/C13H24N4O3/c1-5-6-16-13(12(17(19)20)10(4)15-16)14-8-11(18)7-9(2)3/h9,11,14,18H,5-8H2,1-4H3. The van der Waals surface area contributed by atoms with Crippen molar-refractivity contribution in [1.29, 1.82) is 0 Å². The van der Waals surface area contributed by atoms with E-state index < -0.39 is 11.0 Å². The molecule has 1 unspecified atom stereocenters. The van der Waals surface area contributed by atoms with Crippen molar-refractivity contribution in [3.8, 4) is 0 Å². The van der Waals surface area contributed by atoms with Crippen molar-refractivity contribution >= 4 is 11.5 Å². The molecule has 0 saturated heterocycles. The smallest absolute Gasteiger partial charge is 0.333 e. The number of hydrogen-bond acceptors (Lipinski definition) is 5. The van der Waals surface area contributed by atoms with Crippen molar-refractivity contribution in [2.75, 3.05) is 11.9 Å². The third kappa shape index (κ3) is 4.19. The third-order valence-corrected chi connectivity index (χ3v) is 2.96. The maximum atomic E-state index is 11.1. The van der Waals surface area contributed by atoms with Crippen LogP contribution in [0.15, 0.2) is 0 Å². The highest BCUT2D eigenvalue weighted by Gasteiger charge is 2.25. The van der Waals surface area contributed by atoms with Gasteiger partial charge in [0.2, 0.25) is 5.82 Å². The van der Waals surface area contributed by atoms with Crippen LogP contribution >= 0.6 is 0 Å². The van der Waals surface area contributed by atoms with Crippen LogP contribution in [-0.4, -0.2) is 32.5 Å². The second-order valence-electron chi connectivity index (χ2n) is 5.43. The van der Waals surface area contributed by atoms with Gasteiger partial charge in [0.25, 0.3) is 0 Å². The zero-order valence-corrected chi connectivity index (χ0v) is 12.6. The zero-order chi connectivity index (χ0) is 15.3. The van der Waals surface area contributed by atoms with Gasteiger partial charge in [0.05, 0.1) is 11.0 Å². The highest BCUT2D eigenvalue weighted by atomic mass is 16.6. The molecule has 2 N–H and O–H groups in total. The molecule has 0 aliphatic carbocycles. The lowest BCUT2D eigenvalue weighted by Gasteiger charge is -2.15. The van der Waals surface area contributed by atoms with E-state index in [-0.39, 0.29) is 12.2 Å². The van der Waals surface area contributed by atoms with Crippen LogP contribution in [-0.2, 0) is 6.54 Å². The van der Waals surface area contributed by atoms with Gasteiger partial charge < -0.3 is 10.4 Å². The summed E-state index contributed by atoms with van der Waals surface area (Å²) in [5, 5.41) is 28.2. The van der Waals surface area contributed by atoms with Gasteiger partial charge in [0.15, 0.2) is 0 Å². The molecule has 114 valence electrons. The fraction of sp³-hybridized carbons (Fsp3) is 0.769. The SMILES string of the molecule is CCCn1nc(C)c([N+](=O)[O-])c1NCC(O)CC(C)C. The average molecular weight is 284 g/mol. The number of hydrogen-bond donors (Lipinski definition) is 2. The van der Waals surface area contributed by atoms with Crippen LogP contribution < -0.4 is 5.32 Å². The van der Waals surface area contributed by atoms with Crippen LogP contribution in [0.25, 0.3) is 0 Å². The number of anilines is 1. The zero-order valence-electron chi connectivity index (χ0n) is 12.6. The number of aliphatic hydroxyl groups excluding tert-OH is 1. The Bertz CT molecular complexity index is 457. The molecule has 1 aromatic heterocycles. The van der Waals surface area contributed by atoms with E-state index in [4.69, 9.17) is 0 Å². The van der Waals surface area contributed by atoms with E-state index in [1.807, 2.05) is 20.8 Å². The predicted octanol–water partition coefficient (Wildman–Crippen LogP) is 2.33. The van der Waals surface area contributed by atoms with Crippen molar-refractivity contribution < 1.29 is 10.0 Å². The van der Waals surface area contributed by atoms with Gasteiger partial charge in [-0.1, -0.05) is 20.8 Å². The summed E-state index contributed by atoms with van der Waals surface area (Å²) in [5.41, 5.74) is 0.388. The summed E-state index contributed by atoms with van der Waals surface area (Å²) in [6.45, 7) is 8.56. The monoisotopic (exact) mass is 284 g/mol. The highest BCUT2D eigenvalue weighted by Crippen LogP contribution is 2.28. The Kier molecular flexibility index (Phi) is 5.94. The van der Waals surface area contributed by atoms with Crippen molar-refractivity contribution in [2.45, 2.75) is 53.2 Å². The lowest BCUT2D eigenvalue weighted by Crippen LogP contribution is -2.23. The number of nitro groups is 1. The van der Waals surface area contributed by atoms with Gasteiger partial charge in [-0.2, -0.15) is 5.10 Å². The van der Waals surface area contributed by atoms with Crippen molar-refractivity contribution in [1.82, 2.24) is 9.78 Å². The molecule has 0 aliphatic heterocycles. The molecule has 20 heavy (non-hydrogen) atoms. The number of aryl methyl sites for hydroxylation is 2. The second kappa shape index (κ2) is 7.23. The largest absolute Gasteiger partial charge is 0.391 e. The molecular weight excluding hydrogens is 260 g/mol. The van der Waals surface area contributed by atoms with Gasteiger partial charge in [-0.05, 0) is 25.7 Å². The summed E-state index contributed by atoms with van der Waals surface area (Å²) in [4.78, 5) is 10.7.